The molecule has 3 aromatic heterocycles. The van der Waals surface area contributed by atoms with Crippen LogP contribution in [-0.2, 0) is 40.4 Å². The number of benzene rings is 1. The third-order valence-corrected chi connectivity index (χ3v) is 10.9. The second kappa shape index (κ2) is 14.3. The molecule has 1 aliphatic rings. The minimum absolute atomic E-state index is 0.0470. The van der Waals surface area contributed by atoms with E-state index in [0.29, 0.717) is 28.1 Å². The van der Waals surface area contributed by atoms with Gasteiger partial charge in [0.25, 0.3) is 10.0 Å². The molecule has 1 amide bonds. The molecule has 0 radical (unpaired) electrons. The average Bonchev–Trinajstić information content (AvgIpc) is 3.67. The first-order valence-electron chi connectivity index (χ1n) is 14.9. The van der Waals surface area contributed by atoms with Crippen molar-refractivity contribution in [3.05, 3.63) is 65.6 Å². The molecule has 0 spiro atoms. The summed E-state index contributed by atoms with van der Waals surface area (Å²) in [6.07, 6.45) is 3.61. The molecular weight excluding hydrogens is 687 g/mol. The third kappa shape index (κ3) is 7.84. The van der Waals surface area contributed by atoms with Crippen LogP contribution in [0.4, 0.5) is 10.1 Å². The number of nitrogens with zero attached hydrogens (tertiary/aromatic N) is 5. The number of ether oxygens (including phenoxy) is 2. The lowest BCUT2D eigenvalue weighted by Gasteiger charge is -2.37. The number of esters is 2. The van der Waals surface area contributed by atoms with Crippen LogP contribution in [0.1, 0.15) is 39.4 Å². The van der Waals surface area contributed by atoms with Crippen molar-refractivity contribution in [3.63, 3.8) is 0 Å². The van der Waals surface area contributed by atoms with Gasteiger partial charge >= 0.3 is 11.9 Å². The van der Waals surface area contributed by atoms with Crippen molar-refractivity contribution in [1.82, 2.24) is 24.2 Å². The van der Waals surface area contributed by atoms with E-state index in [1.807, 2.05) is 0 Å². The number of hydrogen-bond acceptors (Lipinski definition) is 11. The summed E-state index contributed by atoms with van der Waals surface area (Å²) < 4.78 is 56.1. The Hall–Kier alpha value is -3.96. The fourth-order valence-electron chi connectivity index (χ4n) is 5.25. The number of rotatable bonds is 11. The zero-order valence-electron chi connectivity index (χ0n) is 26.6. The topological polar surface area (TPSA) is 153 Å². The summed E-state index contributed by atoms with van der Waals surface area (Å²) in [5.74, 6) is -2.19. The van der Waals surface area contributed by atoms with Gasteiger partial charge in [0, 0.05) is 36.1 Å². The maximum absolute atomic E-state index is 15.8. The molecule has 13 nitrogen and oxygen atoms in total. The number of nitrogens with one attached hydrogen (secondary N) is 1. The number of hydrogen-bond donors (Lipinski definition) is 1. The number of aromatic nitrogens is 3. The van der Waals surface area contributed by atoms with Crippen molar-refractivity contribution in [2.45, 2.75) is 56.0 Å². The van der Waals surface area contributed by atoms with Gasteiger partial charge < -0.3 is 18.9 Å². The lowest BCUT2D eigenvalue weighted by Crippen LogP contribution is -2.55. The zero-order chi connectivity index (χ0) is 34.8. The normalized spacial score (nSPS) is 15.7. The van der Waals surface area contributed by atoms with Crippen molar-refractivity contribution >= 4 is 66.7 Å². The van der Waals surface area contributed by atoms with Crippen molar-refractivity contribution in [2.75, 3.05) is 31.6 Å². The molecule has 1 atom stereocenters. The number of thiophene rings is 1. The molecule has 1 saturated heterocycles. The molecule has 0 aliphatic carbocycles. The second-order valence-electron chi connectivity index (χ2n) is 11.9. The van der Waals surface area contributed by atoms with Gasteiger partial charge in [0.15, 0.2) is 0 Å². The van der Waals surface area contributed by atoms with Crippen LogP contribution >= 0.6 is 22.9 Å². The van der Waals surface area contributed by atoms with Gasteiger partial charge in [-0.25, -0.2) is 22.8 Å². The summed E-state index contributed by atoms with van der Waals surface area (Å²) in [5, 5.41) is 3.68. The Morgan fingerprint density at radius 3 is 2.67 bits per heavy atom. The van der Waals surface area contributed by atoms with Gasteiger partial charge in [0.05, 0.1) is 25.9 Å². The highest BCUT2D eigenvalue weighted by Crippen LogP contribution is 2.34. The molecule has 1 N–H and O–H groups in total. The van der Waals surface area contributed by atoms with E-state index >= 15 is 4.39 Å². The monoisotopic (exact) mass is 720 g/mol. The minimum atomic E-state index is -4.41. The first-order chi connectivity index (χ1) is 22.7. The second-order valence-corrected chi connectivity index (χ2v) is 15.4. The van der Waals surface area contributed by atoms with Gasteiger partial charge in [0.2, 0.25) is 5.91 Å². The number of piperidine rings is 1. The first-order valence-corrected chi connectivity index (χ1v) is 17.5. The van der Waals surface area contributed by atoms with E-state index in [-0.39, 0.29) is 41.1 Å². The molecule has 0 bridgehead atoms. The van der Waals surface area contributed by atoms with E-state index in [0.717, 1.165) is 22.8 Å². The van der Waals surface area contributed by atoms with Crippen LogP contribution in [0.3, 0.4) is 0 Å². The van der Waals surface area contributed by atoms with E-state index in [1.54, 1.807) is 43.7 Å². The van der Waals surface area contributed by atoms with E-state index in [4.69, 9.17) is 21.1 Å². The molecule has 5 rings (SSSR count). The maximum Gasteiger partial charge on any atom is 0.321 e. The number of carbonyl (C=O) groups excluding carboxylic acids is 3. The van der Waals surface area contributed by atoms with Crippen LogP contribution in [0.5, 0.6) is 0 Å². The highest BCUT2D eigenvalue weighted by Gasteiger charge is 2.42. The predicted molar refractivity (Wildman–Crippen MR) is 177 cm³/mol. The number of halogens is 2. The van der Waals surface area contributed by atoms with Crippen LogP contribution in [-0.4, -0.2) is 83.5 Å². The van der Waals surface area contributed by atoms with Crippen molar-refractivity contribution in [1.29, 1.82) is 0 Å². The molecule has 17 heteroatoms. The van der Waals surface area contributed by atoms with E-state index in [1.165, 1.54) is 35.4 Å². The highest BCUT2D eigenvalue weighted by molar-refractivity contribution is 7.91. The highest BCUT2D eigenvalue weighted by atomic mass is 35.5. The van der Waals surface area contributed by atoms with Gasteiger partial charge in [-0.15, -0.1) is 11.3 Å². The quantitative estimate of drug-likeness (QED) is 0.177. The number of amides is 1. The predicted octanol–water partition coefficient (Wildman–Crippen LogP) is 4.07. The van der Waals surface area contributed by atoms with Crippen LogP contribution < -0.4 is 10.2 Å². The van der Waals surface area contributed by atoms with Gasteiger partial charge in [-0.05, 0) is 63.9 Å². The Balaban J connectivity index is 1.37. The summed E-state index contributed by atoms with van der Waals surface area (Å²) >= 11 is 6.84. The number of methoxy groups -OCH3 is 1. The van der Waals surface area contributed by atoms with E-state index in [9.17, 15) is 22.8 Å². The summed E-state index contributed by atoms with van der Waals surface area (Å²) in [5.41, 5.74) is -0.252. The molecule has 48 heavy (non-hydrogen) atoms. The third-order valence-electron chi connectivity index (χ3n) is 7.35. The van der Waals surface area contributed by atoms with Crippen LogP contribution in [0.2, 0.25) is 5.15 Å². The van der Waals surface area contributed by atoms with Crippen LogP contribution in [0.15, 0.2) is 53.0 Å². The molecule has 1 fully saturated rings. The van der Waals surface area contributed by atoms with Crippen molar-refractivity contribution in [2.24, 2.45) is 0 Å². The number of imidazole rings is 1. The fraction of sp³-hybridized carbons (Fsp3) is 0.387. The van der Waals surface area contributed by atoms with Crippen LogP contribution in [0.25, 0.3) is 15.9 Å². The van der Waals surface area contributed by atoms with Gasteiger partial charge in [0.1, 0.15) is 44.0 Å². The van der Waals surface area contributed by atoms with Gasteiger partial charge in [-0.3, -0.25) is 19.7 Å². The van der Waals surface area contributed by atoms with Crippen molar-refractivity contribution < 1.29 is 36.7 Å². The molecule has 0 saturated carbocycles. The van der Waals surface area contributed by atoms with E-state index in [2.05, 4.69) is 15.3 Å². The number of fused-ring (bicyclic) bond motifs is 1. The van der Waals surface area contributed by atoms with E-state index < -0.39 is 51.9 Å². The Bertz CT molecular complexity index is 1960. The SMILES string of the molecule is COC(=O)CN(C1CCCN(c2ccc(-n3ccnc3CNCC(=O)OC(C)(C)C)cc2F)C1=O)S(=O)(=O)c1cc2ccc(Cl)nc2s1. The summed E-state index contributed by atoms with van der Waals surface area (Å²) in [6, 6.07) is 7.53. The molecule has 4 heterocycles. The number of carbonyl (C=O) groups is 3. The van der Waals surface area contributed by atoms with Gasteiger partial charge in [-0.1, -0.05) is 11.6 Å². The largest absolute Gasteiger partial charge is 0.468 e. The lowest BCUT2D eigenvalue weighted by atomic mass is 10.0. The first kappa shape index (κ1) is 35.3. The Morgan fingerprint density at radius 1 is 1.19 bits per heavy atom. The Morgan fingerprint density at radius 2 is 1.96 bits per heavy atom. The Kier molecular flexibility index (Phi) is 10.5. The average molecular weight is 721 g/mol. The lowest BCUT2D eigenvalue weighted by molar-refractivity contribution is -0.153. The Labute approximate surface area is 285 Å². The summed E-state index contributed by atoms with van der Waals surface area (Å²) in [7, 11) is -3.29. The summed E-state index contributed by atoms with van der Waals surface area (Å²) in [4.78, 5) is 48.4. The number of pyridine rings is 1. The summed E-state index contributed by atoms with van der Waals surface area (Å²) in [6.45, 7) is 4.87. The number of anilines is 1. The van der Waals surface area contributed by atoms with Crippen LogP contribution in [0, 0.1) is 5.82 Å². The molecule has 256 valence electrons. The molecule has 1 aromatic carbocycles. The number of sulfonamides is 1. The fourth-order valence-corrected chi connectivity index (χ4v) is 8.47. The molecule has 1 aliphatic heterocycles. The van der Waals surface area contributed by atoms with Gasteiger partial charge in [-0.2, -0.15) is 4.31 Å². The molecular formula is C31H34ClFN6O7S2. The zero-order valence-corrected chi connectivity index (χ0v) is 29.0. The minimum Gasteiger partial charge on any atom is -0.468 e. The maximum atomic E-state index is 15.8. The molecule has 1 unspecified atom stereocenters. The van der Waals surface area contributed by atoms with Crippen molar-refractivity contribution in [3.8, 4) is 5.69 Å². The smallest absolute Gasteiger partial charge is 0.321 e. The molecule has 4 aromatic rings. The standard InChI is InChI=1S/C31H34ClFN6O7S2/c1-31(2,3)46-26(40)17-34-16-25-35-11-13-37(25)20-8-9-22(21(33)15-20)38-12-5-6-23(30(38)42)39(18-27(41)45-4)48(43,44)28-14-19-7-10-24(32)36-29(19)47-28/h7-11,13-15,23,34H,5-6,12,16-18H2,1-4H3.